The van der Waals surface area contributed by atoms with Crippen molar-refractivity contribution in [2.75, 3.05) is 10.7 Å². The van der Waals surface area contributed by atoms with Gasteiger partial charge in [0, 0.05) is 0 Å². The molecule has 1 unspecified atom stereocenters. The highest BCUT2D eigenvalue weighted by Gasteiger charge is 2.14. The van der Waals surface area contributed by atoms with Crippen molar-refractivity contribution in [1.29, 1.82) is 0 Å². The Kier molecular flexibility index (Phi) is 3.78. The van der Waals surface area contributed by atoms with Crippen molar-refractivity contribution in [3.63, 3.8) is 0 Å². The van der Waals surface area contributed by atoms with Crippen LogP contribution >= 0.6 is 0 Å². The zero-order chi connectivity index (χ0) is 13.0. The van der Waals surface area contributed by atoms with E-state index in [9.17, 15) is 14.9 Å². The molecule has 92 valence electrons. The van der Waals surface area contributed by atoms with E-state index in [4.69, 9.17) is 11.6 Å². The number of aromatic nitrogens is 1. The van der Waals surface area contributed by atoms with E-state index in [1.807, 2.05) is 0 Å². The third-order valence-corrected chi connectivity index (χ3v) is 1.96. The van der Waals surface area contributed by atoms with Gasteiger partial charge in [-0.3, -0.25) is 14.9 Å². The predicted octanol–water partition coefficient (Wildman–Crippen LogP) is -0.439. The summed E-state index contributed by atoms with van der Waals surface area (Å²) in [5, 5.41) is 13.3. The van der Waals surface area contributed by atoms with Gasteiger partial charge in [0.1, 0.15) is 17.7 Å². The van der Waals surface area contributed by atoms with Gasteiger partial charge in [0.05, 0.1) is 17.1 Å². The molecular formula is C8H12N6O3. The maximum Gasteiger partial charge on any atom is 0.276 e. The molecule has 1 aromatic heterocycles. The van der Waals surface area contributed by atoms with Crippen LogP contribution in [-0.4, -0.2) is 21.9 Å². The number of hydrazine groups is 1. The Morgan fingerprint density at radius 1 is 1.53 bits per heavy atom. The number of nitrogen functional groups attached to an aromatic ring is 1. The van der Waals surface area contributed by atoms with Crippen LogP contribution in [0.1, 0.15) is 6.92 Å². The lowest BCUT2D eigenvalue weighted by molar-refractivity contribution is -0.384. The average molecular weight is 240 g/mol. The van der Waals surface area contributed by atoms with Gasteiger partial charge >= 0.3 is 0 Å². The fourth-order valence-electron chi connectivity index (χ4n) is 1.06. The van der Waals surface area contributed by atoms with E-state index in [0.717, 1.165) is 0 Å². The number of nitrogens with zero attached hydrogens (tertiary/aromatic N) is 2. The first-order valence-corrected chi connectivity index (χ1v) is 4.63. The first-order chi connectivity index (χ1) is 7.93. The van der Waals surface area contributed by atoms with Crippen LogP contribution in [0.4, 0.5) is 17.3 Å². The highest BCUT2D eigenvalue weighted by molar-refractivity contribution is 5.82. The van der Waals surface area contributed by atoms with E-state index < -0.39 is 16.9 Å². The van der Waals surface area contributed by atoms with Gasteiger partial charge in [-0.15, -0.1) is 0 Å². The first-order valence-electron chi connectivity index (χ1n) is 4.63. The zero-order valence-electron chi connectivity index (χ0n) is 9.01. The van der Waals surface area contributed by atoms with Crippen molar-refractivity contribution < 1.29 is 9.72 Å². The Balaban J connectivity index is 3.02. The monoisotopic (exact) mass is 240 g/mol. The Morgan fingerprint density at radius 2 is 2.12 bits per heavy atom. The van der Waals surface area contributed by atoms with Crippen molar-refractivity contribution in [1.82, 2.24) is 4.98 Å². The highest BCUT2D eigenvalue weighted by Crippen LogP contribution is 2.20. The summed E-state index contributed by atoms with van der Waals surface area (Å²) in [7, 11) is 0. The van der Waals surface area contributed by atoms with Gasteiger partial charge in [0.15, 0.2) is 0 Å². The molecule has 17 heavy (non-hydrogen) atoms. The maximum absolute atomic E-state index is 10.8. The molecule has 1 aromatic rings. The van der Waals surface area contributed by atoms with Gasteiger partial charge in [-0.25, -0.2) is 10.8 Å². The van der Waals surface area contributed by atoms with Crippen LogP contribution in [0.15, 0.2) is 12.1 Å². The third-order valence-electron chi connectivity index (χ3n) is 1.96. The number of carbonyl (C=O) groups is 1. The SMILES string of the molecule is CC(Nc1cc([N+](=O)[O-])cc(NN)n1)C(N)=O. The van der Waals surface area contributed by atoms with Crippen LogP contribution in [-0.2, 0) is 4.79 Å². The maximum atomic E-state index is 10.8. The molecule has 0 fully saturated rings. The number of nitrogens with one attached hydrogen (secondary N) is 2. The summed E-state index contributed by atoms with van der Waals surface area (Å²) in [6.07, 6.45) is 0. The summed E-state index contributed by atoms with van der Waals surface area (Å²) >= 11 is 0. The molecule has 1 heterocycles. The molecule has 0 bridgehead atoms. The molecule has 0 saturated heterocycles. The van der Waals surface area contributed by atoms with Crippen LogP contribution in [0, 0.1) is 10.1 Å². The standard InChI is InChI=1S/C8H12N6O3/c1-4(8(9)15)11-6-2-5(14(16)17)3-7(12-6)13-10/h2-4H,10H2,1H3,(H2,9,15)(H2,11,12,13). The minimum absolute atomic E-state index is 0.110. The molecule has 1 atom stereocenters. The van der Waals surface area contributed by atoms with Crippen LogP contribution in [0.25, 0.3) is 0 Å². The number of anilines is 2. The van der Waals surface area contributed by atoms with Gasteiger partial charge in [0.25, 0.3) is 5.69 Å². The van der Waals surface area contributed by atoms with E-state index in [2.05, 4.69) is 15.7 Å². The van der Waals surface area contributed by atoms with Gasteiger partial charge in [-0.05, 0) is 6.92 Å². The summed E-state index contributed by atoms with van der Waals surface area (Å²) in [6.45, 7) is 1.51. The van der Waals surface area contributed by atoms with Gasteiger partial charge < -0.3 is 16.5 Å². The Bertz CT molecular complexity index is 449. The fourth-order valence-corrected chi connectivity index (χ4v) is 1.06. The molecular weight excluding hydrogens is 228 g/mol. The van der Waals surface area contributed by atoms with Crippen molar-refractivity contribution >= 4 is 23.2 Å². The first kappa shape index (κ1) is 12.6. The molecule has 0 aromatic carbocycles. The molecule has 1 rings (SSSR count). The van der Waals surface area contributed by atoms with Crippen molar-refractivity contribution in [3.8, 4) is 0 Å². The van der Waals surface area contributed by atoms with Gasteiger partial charge in [-0.1, -0.05) is 0 Å². The van der Waals surface area contributed by atoms with E-state index in [-0.39, 0.29) is 17.3 Å². The summed E-state index contributed by atoms with van der Waals surface area (Å²) in [5.41, 5.74) is 7.04. The predicted molar refractivity (Wildman–Crippen MR) is 61.0 cm³/mol. The number of nitrogens with two attached hydrogens (primary N) is 2. The molecule has 9 nitrogen and oxygen atoms in total. The lowest BCUT2D eigenvalue weighted by Crippen LogP contribution is -2.32. The number of carbonyl (C=O) groups excluding carboxylic acids is 1. The van der Waals surface area contributed by atoms with Crippen LogP contribution in [0.2, 0.25) is 0 Å². The number of hydrogen-bond acceptors (Lipinski definition) is 7. The fraction of sp³-hybridized carbons (Fsp3) is 0.250. The Morgan fingerprint density at radius 3 is 2.59 bits per heavy atom. The minimum atomic E-state index is -0.699. The van der Waals surface area contributed by atoms with E-state index in [0.29, 0.717) is 0 Å². The van der Waals surface area contributed by atoms with Crippen LogP contribution in [0.5, 0.6) is 0 Å². The molecule has 0 aliphatic rings. The molecule has 0 aliphatic heterocycles. The second-order valence-corrected chi connectivity index (χ2v) is 3.27. The normalized spacial score (nSPS) is 11.6. The number of rotatable bonds is 5. The topological polar surface area (TPSA) is 149 Å². The van der Waals surface area contributed by atoms with Crippen LogP contribution in [0.3, 0.4) is 0 Å². The van der Waals surface area contributed by atoms with E-state index in [1.165, 1.54) is 19.1 Å². The number of primary amides is 1. The lowest BCUT2D eigenvalue weighted by atomic mass is 10.3. The van der Waals surface area contributed by atoms with Gasteiger partial charge in [-0.2, -0.15) is 0 Å². The molecule has 1 amide bonds. The molecule has 0 aliphatic carbocycles. The van der Waals surface area contributed by atoms with Crippen molar-refractivity contribution in [2.45, 2.75) is 13.0 Å². The highest BCUT2D eigenvalue weighted by atomic mass is 16.6. The number of nitro groups is 1. The van der Waals surface area contributed by atoms with Gasteiger partial charge in [0.2, 0.25) is 5.91 Å². The molecule has 0 spiro atoms. The molecule has 9 heteroatoms. The number of pyridine rings is 1. The minimum Gasteiger partial charge on any atom is -0.368 e. The summed E-state index contributed by atoms with van der Waals surface area (Å²) in [5.74, 6) is 4.77. The number of amides is 1. The zero-order valence-corrected chi connectivity index (χ0v) is 9.01. The molecule has 0 saturated carbocycles. The smallest absolute Gasteiger partial charge is 0.276 e. The average Bonchev–Trinajstić information content (AvgIpc) is 2.28. The second-order valence-electron chi connectivity index (χ2n) is 3.27. The van der Waals surface area contributed by atoms with Crippen molar-refractivity contribution in [2.24, 2.45) is 11.6 Å². The third kappa shape index (κ3) is 3.28. The van der Waals surface area contributed by atoms with E-state index >= 15 is 0 Å². The summed E-state index contributed by atoms with van der Waals surface area (Å²) in [4.78, 5) is 24.8. The largest absolute Gasteiger partial charge is 0.368 e. The summed E-state index contributed by atoms with van der Waals surface area (Å²) in [6, 6.07) is 1.65. The number of hydrogen-bond donors (Lipinski definition) is 4. The molecule has 6 N–H and O–H groups in total. The quantitative estimate of drug-likeness (QED) is 0.309. The summed E-state index contributed by atoms with van der Waals surface area (Å²) < 4.78 is 0. The Hall–Kier alpha value is -2.42. The van der Waals surface area contributed by atoms with Crippen LogP contribution < -0.4 is 22.3 Å². The van der Waals surface area contributed by atoms with Crippen molar-refractivity contribution in [3.05, 3.63) is 22.2 Å². The second kappa shape index (κ2) is 5.07. The molecule has 0 radical (unpaired) electrons. The lowest BCUT2D eigenvalue weighted by Gasteiger charge is -2.11. The van der Waals surface area contributed by atoms with E-state index in [1.54, 1.807) is 0 Å². The Labute approximate surface area is 96.3 Å².